The first-order chi connectivity index (χ1) is 7.68. The molecule has 0 fully saturated rings. The second-order valence-electron chi connectivity index (χ2n) is 2.99. The second-order valence-corrected chi connectivity index (χ2v) is 4.24. The van der Waals surface area contributed by atoms with Crippen LogP contribution in [0.1, 0.15) is 0 Å². The number of halogens is 2. The van der Waals surface area contributed by atoms with Crippen molar-refractivity contribution in [3.8, 4) is 0 Å². The molecule has 0 unspecified atom stereocenters. The number of rotatable bonds is 3. The van der Waals surface area contributed by atoms with Crippen LogP contribution in [0.15, 0.2) is 40.0 Å². The zero-order chi connectivity index (χ0) is 11.5. The Labute approximate surface area is 101 Å². The highest BCUT2D eigenvalue weighted by atomic mass is 35.5. The van der Waals surface area contributed by atoms with Crippen LogP contribution in [0.25, 0.3) is 0 Å². The number of nitrogen functional groups attached to an aromatic ring is 1. The highest BCUT2D eigenvalue weighted by Gasteiger charge is 2.08. The van der Waals surface area contributed by atoms with Gasteiger partial charge in [-0.15, -0.1) is 0 Å². The summed E-state index contributed by atoms with van der Waals surface area (Å²) in [5.41, 5.74) is 5.96. The second kappa shape index (κ2) is 4.67. The van der Waals surface area contributed by atoms with Crippen LogP contribution in [0.2, 0.25) is 5.02 Å². The monoisotopic (exact) mass is 258 g/mol. The molecule has 84 valence electrons. The van der Waals surface area contributed by atoms with E-state index in [9.17, 15) is 4.39 Å². The summed E-state index contributed by atoms with van der Waals surface area (Å²) in [6, 6.07) is 4.58. The molecule has 0 saturated carbocycles. The summed E-state index contributed by atoms with van der Waals surface area (Å²) in [5, 5.41) is 0.177. The van der Waals surface area contributed by atoms with Gasteiger partial charge in [0.1, 0.15) is 12.1 Å². The fourth-order valence-corrected chi connectivity index (χ4v) is 1.95. The molecule has 1 heterocycles. The Morgan fingerprint density at radius 1 is 1.38 bits per heavy atom. The van der Waals surface area contributed by atoms with Crippen molar-refractivity contribution in [1.82, 2.24) is 0 Å². The zero-order valence-electron chi connectivity index (χ0n) is 8.04. The van der Waals surface area contributed by atoms with Crippen LogP contribution in [0.4, 0.5) is 15.8 Å². The normalized spacial score (nSPS) is 10.4. The number of nitrogens with one attached hydrogen (secondary N) is 1. The number of benzene rings is 1. The summed E-state index contributed by atoms with van der Waals surface area (Å²) in [4.78, 5) is 0.888. The third kappa shape index (κ3) is 2.25. The summed E-state index contributed by atoms with van der Waals surface area (Å²) in [6.07, 6.45) is 3.14. The SMILES string of the molecule is Nc1c(F)ccc(NSc2ccoc2)c1Cl. The van der Waals surface area contributed by atoms with Crippen molar-refractivity contribution in [1.29, 1.82) is 0 Å². The van der Waals surface area contributed by atoms with Crippen molar-refractivity contribution >= 4 is 34.9 Å². The van der Waals surface area contributed by atoms with Gasteiger partial charge in [-0.1, -0.05) is 11.6 Å². The van der Waals surface area contributed by atoms with Crippen LogP contribution in [-0.4, -0.2) is 0 Å². The molecule has 6 heteroatoms. The van der Waals surface area contributed by atoms with E-state index in [4.69, 9.17) is 21.8 Å². The number of nitrogens with two attached hydrogens (primary N) is 1. The lowest BCUT2D eigenvalue weighted by atomic mass is 10.3. The maximum Gasteiger partial charge on any atom is 0.147 e. The van der Waals surface area contributed by atoms with Crippen LogP contribution < -0.4 is 10.5 Å². The predicted octanol–water partition coefficient (Wildman–Crippen LogP) is 3.77. The lowest BCUT2D eigenvalue weighted by Gasteiger charge is -2.08. The first-order valence-electron chi connectivity index (χ1n) is 4.37. The number of hydrogen-bond acceptors (Lipinski definition) is 4. The van der Waals surface area contributed by atoms with E-state index in [0.717, 1.165) is 4.90 Å². The van der Waals surface area contributed by atoms with Gasteiger partial charge < -0.3 is 14.9 Å². The first-order valence-corrected chi connectivity index (χ1v) is 5.56. The zero-order valence-corrected chi connectivity index (χ0v) is 9.61. The fourth-order valence-electron chi connectivity index (χ4n) is 1.07. The van der Waals surface area contributed by atoms with Gasteiger partial charge in [0.2, 0.25) is 0 Å². The van der Waals surface area contributed by atoms with Gasteiger partial charge in [-0.3, -0.25) is 0 Å². The highest BCUT2D eigenvalue weighted by molar-refractivity contribution is 8.00. The third-order valence-electron chi connectivity index (χ3n) is 1.90. The standard InChI is InChI=1S/C10H8ClFN2OS/c11-9-8(2-1-7(12)10(9)13)14-16-6-3-4-15-5-6/h1-5,14H,13H2. The van der Waals surface area contributed by atoms with Crippen molar-refractivity contribution < 1.29 is 8.81 Å². The average molecular weight is 259 g/mol. The molecular weight excluding hydrogens is 251 g/mol. The van der Waals surface area contributed by atoms with E-state index in [1.54, 1.807) is 18.6 Å². The largest absolute Gasteiger partial charge is 0.471 e. The van der Waals surface area contributed by atoms with Gasteiger partial charge >= 0.3 is 0 Å². The van der Waals surface area contributed by atoms with Gasteiger partial charge in [-0.05, 0) is 30.1 Å². The van der Waals surface area contributed by atoms with Crippen LogP contribution in [0, 0.1) is 5.82 Å². The van der Waals surface area contributed by atoms with Crippen molar-refractivity contribution in [2.45, 2.75) is 4.90 Å². The van der Waals surface area contributed by atoms with E-state index in [1.807, 2.05) is 0 Å². The Morgan fingerprint density at radius 2 is 2.19 bits per heavy atom. The molecule has 0 amide bonds. The lowest BCUT2D eigenvalue weighted by Crippen LogP contribution is -1.95. The van der Waals surface area contributed by atoms with Crippen LogP contribution in [0.3, 0.4) is 0 Å². The quantitative estimate of drug-likeness (QED) is 0.650. The van der Waals surface area contributed by atoms with E-state index in [1.165, 1.54) is 24.1 Å². The molecule has 0 aliphatic heterocycles. The van der Waals surface area contributed by atoms with Gasteiger partial charge in [-0.2, -0.15) is 0 Å². The molecular formula is C10H8ClFN2OS. The highest BCUT2D eigenvalue weighted by Crippen LogP contribution is 2.33. The number of hydrogen-bond donors (Lipinski definition) is 2. The fraction of sp³-hybridized carbons (Fsp3) is 0. The molecule has 3 N–H and O–H groups in total. The summed E-state index contributed by atoms with van der Waals surface area (Å²) >= 11 is 7.18. The molecule has 0 saturated heterocycles. The Hall–Kier alpha value is -1.33. The molecule has 0 aliphatic rings. The summed E-state index contributed by atoms with van der Waals surface area (Å²) in [7, 11) is 0. The van der Waals surface area contributed by atoms with Crippen LogP contribution >= 0.6 is 23.5 Å². The molecule has 0 radical (unpaired) electrons. The minimum atomic E-state index is -0.524. The molecule has 0 spiro atoms. The van der Waals surface area contributed by atoms with Gasteiger partial charge in [0.05, 0.1) is 27.6 Å². The van der Waals surface area contributed by atoms with E-state index < -0.39 is 5.82 Å². The van der Waals surface area contributed by atoms with Gasteiger partial charge in [-0.25, -0.2) is 4.39 Å². The maximum absolute atomic E-state index is 13.0. The lowest BCUT2D eigenvalue weighted by molar-refractivity contribution is 0.562. The minimum Gasteiger partial charge on any atom is -0.471 e. The molecule has 1 aromatic carbocycles. The number of furan rings is 1. The molecule has 3 nitrogen and oxygen atoms in total. The van der Waals surface area contributed by atoms with Crippen LogP contribution in [-0.2, 0) is 0 Å². The van der Waals surface area contributed by atoms with Crippen molar-refractivity contribution in [2.75, 3.05) is 10.5 Å². The molecule has 0 atom stereocenters. The van der Waals surface area contributed by atoms with Gasteiger partial charge in [0, 0.05) is 0 Å². The Morgan fingerprint density at radius 3 is 2.88 bits per heavy atom. The predicted molar refractivity (Wildman–Crippen MR) is 64.0 cm³/mol. The van der Waals surface area contributed by atoms with E-state index >= 15 is 0 Å². The topological polar surface area (TPSA) is 51.2 Å². The summed E-state index contributed by atoms with van der Waals surface area (Å²) < 4.78 is 20.9. The minimum absolute atomic E-state index is 0.0561. The molecule has 2 rings (SSSR count). The maximum atomic E-state index is 13.0. The molecule has 16 heavy (non-hydrogen) atoms. The Balaban J connectivity index is 2.13. The number of anilines is 2. The summed E-state index contributed by atoms with van der Waals surface area (Å²) in [5.74, 6) is -0.524. The average Bonchev–Trinajstić information content (AvgIpc) is 2.78. The molecule has 0 bridgehead atoms. The smallest absolute Gasteiger partial charge is 0.147 e. The molecule has 0 aliphatic carbocycles. The van der Waals surface area contributed by atoms with Crippen molar-refractivity contribution in [2.24, 2.45) is 0 Å². The Kier molecular flexibility index (Phi) is 3.26. The molecule has 2 aromatic rings. The Bertz CT molecular complexity index is 490. The third-order valence-corrected chi connectivity index (χ3v) is 3.10. The van der Waals surface area contributed by atoms with E-state index in [-0.39, 0.29) is 10.7 Å². The van der Waals surface area contributed by atoms with Crippen molar-refractivity contribution in [3.05, 3.63) is 41.6 Å². The van der Waals surface area contributed by atoms with Gasteiger partial charge in [0.25, 0.3) is 0 Å². The molecule has 1 aromatic heterocycles. The first kappa shape index (κ1) is 11.2. The van der Waals surface area contributed by atoms with Crippen LogP contribution in [0.5, 0.6) is 0 Å². The van der Waals surface area contributed by atoms with E-state index in [0.29, 0.717) is 5.69 Å². The van der Waals surface area contributed by atoms with Crippen molar-refractivity contribution in [3.63, 3.8) is 0 Å². The van der Waals surface area contributed by atoms with Gasteiger partial charge in [0.15, 0.2) is 0 Å². The summed E-state index contributed by atoms with van der Waals surface area (Å²) in [6.45, 7) is 0. The van der Waals surface area contributed by atoms with E-state index in [2.05, 4.69) is 4.72 Å².